The first-order chi connectivity index (χ1) is 15.8. The molecule has 0 radical (unpaired) electrons. The molecule has 1 aliphatic heterocycles. The minimum atomic E-state index is -4.80. The number of fused-ring (bicyclic) bond motifs is 1. The highest BCUT2D eigenvalue weighted by Crippen LogP contribution is 2.34. The summed E-state index contributed by atoms with van der Waals surface area (Å²) in [6.45, 7) is 2.17. The molecule has 0 unspecified atom stereocenters. The average Bonchev–Trinajstić information content (AvgIpc) is 3.19. The minimum Gasteiger partial charge on any atom is -0.457 e. The summed E-state index contributed by atoms with van der Waals surface area (Å²) >= 11 is 1.53. The third kappa shape index (κ3) is 5.05. The molecular formula is C21H22F3N7OS. The van der Waals surface area contributed by atoms with Crippen molar-refractivity contribution in [2.75, 3.05) is 24.5 Å². The Balaban J connectivity index is 1.62. The summed E-state index contributed by atoms with van der Waals surface area (Å²) in [6.07, 6.45) is -1.31. The van der Waals surface area contributed by atoms with Crippen molar-refractivity contribution in [3.05, 3.63) is 41.0 Å². The van der Waals surface area contributed by atoms with Crippen LogP contribution in [0.25, 0.3) is 10.2 Å². The standard InChI is InChI=1S/C21H22F3N7OS/c1-2-5-14-10-15-17(30-8-9-31(16(25)11-30)19(26)21(22,23)24)28-20(29-18(15)33-14)32-12-13-6-3-4-7-27-13/h3-4,6-7,10,25-26H,2,5,8-9,11-12H2,1H3. The number of thiophene rings is 1. The molecule has 4 heterocycles. The first-order valence-corrected chi connectivity index (χ1v) is 11.2. The highest BCUT2D eigenvalue weighted by atomic mass is 32.1. The van der Waals surface area contributed by atoms with E-state index in [2.05, 4.69) is 21.9 Å². The Morgan fingerprint density at radius 1 is 1.24 bits per heavy atom. The van der Waals surface area contributed by atoms with Crippen LogP contribution in [0.1, 0.15) is 23.9 Å². The normalized spacial score (nSPS) is 14.7. The molecule has 0 bridgehead atoms. The van der Waals surface area contributed by atoms with Gasteiger partial charge in [0.15, 0.2) is 0 Å². The third-order valence-corrected chi connectivity index (χ3v) is 6.16. The lowest BCUT2D eigenvalue weighted by molar-refractivity contribution is -0.0671. The number of anilines is 1. The molecule has 4 rings (SSSR count). The van der Waals surface area contributed by atoms with Gasteiger partial charge in [-0.15, -0.1) is 11.3 Å². The monoisotopic (exact) mass is 477 g/mol. The van der Waals surface area contributed by atoms with Crippen LogP contribution in [-0.4, -0.2) is 57.3 Å². The summed E-state index contributed by atoms with van der Waals surface area (Å²) in [6, 6.07) is 7.61. The van der Waals surface area contributed by atoms with Crippen molar-refractivity contribution in [2.45, 2.75) is 32.5 Å². The molecule has 3 aromatic rings. The number of hydrogen-bond acceptors (Lipinski definition) is 8. The molecule has 0 aliphatic carbocycles. The number of aryl methyl sites for hydroxylation is 1. The molecule has 174 valence electrons. The highest BCUT2D eigenvalue weighted by molar-refractivity contribution is 7.18. The summed E-state index contributed by atoms with van der Waals surface area (Å²) in [5.41, 5.74) is 0.710. The number of rotatable bonds is 6. The number of amidine groups is 2. The molecule has 1 fully saturated rings. The van der Waals surface area contributed by atoms with Crippen molar-refractivity contribution in [1.29, 1.82) is 10.8 Å². The van der Waals surface area contributed by atoms with E-state index in [1.54, 1.807) is 17.2 Å². The SMILES string of the molecule is CCCc1cc2c(N3CCN(C(=N)C(F)(F)F)C(=N)C3)nc(OCc3ccccn3)nc2s1. The van der Waals surface area contributed by atoms with Gasteiger partial charge in [-0.25, -0.2) is 0 Å². The predicted molar refractivity (Wildman–Crippen MR) is 120 cm³/mol. The van der Waals surface area contributed by atoms with Gasteiger partial charge in [0.2, 0.25) is 5.84 Å². The van der Waals surface area contributed by atoms with Gasteiger partial charge >= 0.3 is 12.2 Å². The smallest absolute Gasteiger partial charge is 0.449 e. The number of ether oxygens (including phenoxy) is 1. The maximum atomic E-state index is 13.0. The molecule has 0 atom stereocenters. The van der Waals surface area contributed by atoms with Gasteiger partial charge in [-0.3, -0.25) is 15.8 Å². The topological polar surface area (TPSA) is 102 Å². The molecule has 2 N–H and O–H groups in total. The van der Waals surface area contributed by atoms with Crippen LogP contribution in [0.2, 0.25) is 0 Å². The largest absolute Gasteiger partial charge is 0.457 e. The lowest BCUT2D eigenvalue weighted by Gasteiger charge is -2.37. The first-order valence-electron chi connectivity index (χ1n) is 10.3. The van der Waals surface area contributed by atoms with Gasteiger partial charge < -0.3 is 14.5 Å². The van der Waals surface area contributed by atoms with Crippen LogP contribution in [0.5, 0.6) is 6.01 Å². The Kier molecular flexibility index (Phi) is 6.45. The molecule has 0 saturated carbocycles. The number of halogens is 3. The fourth-order valence-electron chi connectivity index (χ4n) is 3.52. The van der Waals surface area contributed by atoms with E-state index in [1.165, 1.54) is 11.3 Å². The Bertz CT molecular complexity index is 1170. The Labute approximate surface area is 192 Å². The summed E-state index contributed by atoms with van der Waals surface area (Å²) in [4.78, 5) is 17.6. The highest BCUT2D eigenvalue weighted by Gasteiger charge is 2.41. The zero-order chi connectivity index (χ0) is 23.6. The number of hydrogen-bond donors (Lipinski definition) is 2. The molecule has 0 amide bonds. The van der Waals surface area contributed by atoms with Crippen LogP contribution < -0.4 is 9.64 Å². The number of alkyl halides is 3. The molecule has 8 nitrogen and oxygen atoms in total. The van der Waals surface area contributed by atoms with Crippen LogP contribution in [0.4, 0.5) is 19.0 Å². The minimum absolute atomic E-state index is 0.108. The van der Waals surface area contributed by atoms with Crippen molar-refractivity contribution in [2.24, 2.45) is 0 Å². The average molecular weight is 478 g/mol. The zero-order valence-electron chi connectivity index (χ0n) is 17.8. The second kappa shape index (κ2) is 9.30. The van der Waals surface area contributed by atoms with Gasteiger partial charge in [0, 0.05) is 24.2 Å². The Hall–Kier alpha value is -3.28. The molecule has 1 saturated heterocycles. The van der Waals surface area contributed by atoms with Crippen molar-refractivity contribution in [3.8, 4) is 6.01 Å². The van der Waals surface area contributed by atoms with Gasteiger partial charge in [-0.05, 0) is 24.6 Å². The molecule has 3 aromatic heterocycles. The van der Waals surface area contributed by atoms with Gasteiger partial charge in [-0.2, -0.15) is 23.1 Å². The van der Waals surface area contributed by atoms with E-state index in [0.717, 1.165) is 27.9 Å². The fraction of sp³-hybridized carbons (Fsp3) is 0.381. The zero-order valence-corrected chi connectivity index (χ0v) is 18.6. The van der Waals surface area contributed by atoms with Crippen LogP contribution in [0.3, 0.4) is 0 Å². The molecule has 0 aromatic carbocycles. The molecule has 0 spiro atoms. The van der Waals surface area contributed by atoms with Crippen LogP contribution in [0, 0.1) is 10.8 Å². The second-order valence-electron chi connectivity index (χ2n) is 7.49. The maximum Gasteiger partial charge on any atom is 0.449 e. The van der Waals surface area contributed by atoms with E-state index in [-0.39, 0.29) is 38.1 Å². The van der Waals surface area contributed by atoms with Crippen LogP contribution >= 0.6 is 11.3 Å². The fourth-order valence-corrected chi connectivity index (χ4v) is 4.63. The molecule has 1 aliphatic rings. The Morgan fingerprint density at radius 2 is 2.06 bits per heavy atom. The van der Waals surface area contributed by atoms with E-state index in [1.807, 2.05) is 18.2 Å². The molecule has 12 heteroatoms. The number of aromatic nitrogens is 3. The van der Waals surface area contributed by atoms with Crippen molar-refractivity contribution < 1.29 is 17.9 Å². The summed E-state index contributed by atoms with van der Waals surface area (Å²) in [5.74, 6) is -1.33. The van der Waals surface area contributed by atoms with E-state index >= 15 is 0 Å². The molecular weight excluding hydrogens is 455 g/mol. The Morgan fingerprint density at radius 3 is 2.73 bits per heavy atom. The lowest BCUT2D eigenvalue weighted by Crippen LogP contribution is -2.55. The number of nitrogens with zero attached hydrogens (tertiary/aromatic N) is 5. The van der Waals surface area contributed by atoms with Gasteiger partial charge in [0.05, 0.1) is 17.6 Å². The lowest BCUT2D eigenvalue weighted by atomic mass is 10.2. The van der Waals surface area contributed by atoms with Crippen molar-refractivity contribution >= 4 is 39.0 Å². The van der Waals surface area contributed by atoms with Gasteiger partial charge in [0.1, 0.15) is 23.1 Å². The van der Waals surface area contributed by atoms with E-state index in [4.69, 9.17) is 15.6 Å². The summed E-state index contributed by atoms with van der Waals surface area (Å²) < 4.78 is 44.7. The summed E-state index contributed by atoms with van der Waals surface area (Å²) in [5, 5.41) is 16.3. The number of piperazine rings is 1. The van der Waals surface area contributed by atoms with Crippen LogP contribution in [-0.2, 0) is 13.0 Å². The maximum absolute atomic E-state index is 13.0. The summed E-state index contributed by atoms with van der Waals surface area (Å²) in [7, 11) is 0. The second-order valence-corrected chi connectivity index (χ2v) is 8.60. The number of nitrogens with one attached hydrogen (secondary N) is 2. The van der Waals surface area contributed by atoms with Crippen LogP contribution in [0.15, 0.2) is 30.5 Å². The van der Waals surface area contributed by atoms with E-state index < -0.39 is 12.0 Å². The third-order valence-electron chi connectivity index (χ3n) is 5.07. The predicted octanol–water partition coefficient (Wildman–Crippen LogP) is 4.26. The van der Waals surface area contributed by atoms with Crippen molar-refractivity contribution in [1.82, 2.24) is 19.9 Å². The van der Waals surface area contributed by atoms with Gasteiger partial charge in [0.25, 0.3) is 0 Å². The number of pyridine rings is 1. The van der Waals surface area contributed by atoms with Gasteiger partial charge in [-0.1, -0.05) is 19.4 Å². The molecule has 33 heavy (non-hydrogen) atoms. The van der Waals surface area contributed by atoms with Crippen molar-refractivity contribution in [3.63, 3.8) is 0 Å². The van der Waals surface area contributed by atoms with E-state index in [0.29, 0.717) is 16.4 Å². The first kappa shape index (κ1) is 22.9. The van der Waals surface area contributed by atoms with E-state index in [9.17, 15) is 13.2 Å². The quantitative estimate of drug-likeness (QED) is 0.406.